The van der Waals surface area contributed by atoms with Gasteiger partial charge < -0.3 is 9.47 Å². The zero-order chi connectivity index (χ0) is 12.8. The van der Waals surface area contributed by atoms with E-state index in [-0.39, 0.29) is 18.1 Å². The lowest BCUT2D eigenvalue weighted by atomic mass is 10.3. The molecule has 0 aliphatic carbocycles. The van der Waals surface area contributed by atoms with Crippen molar-refractivity contribution in [2.24, 2.45) is 0 Å². The summed E-state index contributed by atoms with van der Waals surface area (Å²) in [6, 6.07) is 0. The van der Waals surface area contributed by atoms with E-state index in [0.29, 0.717) is 22.9 Å². The molecule has 0 bridgehead atoms. The van der Waals surface area contributed by atoms with Crippen molar-refractivity contribution in [2.45, 2.75) is 20.3 Å². The fourth-order valence-electron chi connectivity index (χ4n) is 1.24. The molecular weight excluding hydrogens is 242 g/mol. The van der Waals surface area contributed by atoms with Gasteiger partial charge in [-0.2, -0.15) is 0 Å². The van der Waals surface area contributed by atoms with Gasteiger partial charge in [0.15, 0.2) is 11.5 Å². The van der Waals surface area contributed by atoms with Crippen molar-refractivity contribution in [3.05, 3.63) is 15.6 Å². The Morgan fingerprint density at radius 2 is 2.12 bits per heavy atom. The number of hydrogen-bond acceptors (Lipinski definition) is 6. The molecule has 0 amide bonds. The number of methoxy groups -OCH3 is 1. The standard InChI is InChI=1S/C11H15NO4S/c1-4-16-11(14)9-10(7(2)13)17-8(12-9)5-6-15-3/h4-6H2,1-3H3. The fraction of sp³-hybridized carbons (Fsp3) is 0.545. The Bertz CT molecular complexity index is 414. The number of carbonyl (C=O) groups is 2. The largest absolute Gasteiger partial charge is 0.461 e. The van der Waals surface area contributed by atoms with Crippen molar-refractivity contribution in [1.82, 2.24) is 4.98 Å². The van der Waals surface area contributed by atoms with Crippen molar-refractivity contribution < 1.29 is 19.1 Å². The second kappa shape index (κ2) is 6.46. The van der Waals surface area contributed by atoms with Crippen molar-refractivity contribution in [2.75, 3.05) is 20.3 Å². The van der Waals surface area contributed by atoms with Crippen LogP contribution in [0.1, 0.15) is 39.0 Å². The minimum Gasteiger partial charge on any atom is -0.461 e. The number of rotatable bonds is 6. The Kier molecular flexibility index (Phi) is 5.24. The lowest BCUT2D eigenvalue weighted by molar-refractivity contribution is 0.0517. The molecule has 0 saturated heterocycles. The van der Waals surface area contributed by atoms with E-state index in [1.54, 1.807) is 14.0 Å². The molecule has 6 heteroatoms. The van der Waals surface area contributed by atoms with E-state index in [1.807, 2.05) is 0 Å². The number of thiazole rings is 1. The van der Waals surface area contributed by atoms with Gasteiger partial charge in [-0.25, -0.2) is 9.78 Å². The predicted octanol–water partition coefficient (Wildman–Crippen LogP) is 1.71. The average molecular weight is 257 g/mol. The van der Waals surface area contributed by atoms with Crippen LogP contribution in [-0.4, -0.2) is 37.1 Å². The topological polar surface area (TPSA) is 65.5 Å². The summed E-state index contributed by atoms with van der Waals surface area (Å²) in [4.78, 5) is 27.5. The Balaban J connectivity index is 2.96. The Morgan fingerprint density at radius 3 is 2.65 bits per heavy atom. The van der Waals surface area contributed by atoms with E-state index >= 15 is 0 Å². The lowest BCUT2D eigenvalue weighted by Crippen LogP contribution is -2.09. The number of ether oxygens (including phenoxy) is 2. The minimum atomic E-state index is -0.544. The Morgan fingerprint density at radius 1 is 1.41 bits per heavy atom. The quantitative estimate of drug-likeness (QED) is 0.573. The average Bonchev–Trinajstić information content (AvgIpc) is 2.71. The summed E-state index contributed by atoms with van der Waals surface area (Å²) in [6.07, 6.45) is 0.584. The van der Waals surface area contributed by atoms with E-state index in [0.717, 1.165) is 0 Å². The zero-order valence-electron chi connectivity index (χ0n) is 10.1. The maximum Gasteiger partial charge on any atom is 0.358 e. The third-order valence-electron chi connectivity index (χ3n) is 1.98. The monoisotopic (exact) mass is 257 g/mol. The van der Waals surface area contributed by atoms with Gasteiger partial charge in [-0.05, 0) is 6.92 Å². The molecule has 1 rings (SSSR count). The smallest absolute Gasteiger partial charge is 0.358 e. The molecule has 94 valence electrons. The van der Waals surface area contributed by atoms with Gasteiger partial charge in [0.05, 0.1) is 18.2 Å². The van der Waals surface area contributed by atoms with Gasteiger partial charge in [0.1, 0.15) is 4.88 Å². The van der Waals surface area contributed by atoms with E-state index in [2.05, 4.69) is 4.98 Å². The van der Waals surface area contributed by atoms with E-state index in [1.165, 1.54) is 18.3 Å². The molecule has 0 aromatic carbocycles. The van der Waals surface area contributed by atoms with Crippen molar-refractivity contribution in [3.63, 3.8) is 0 Å². The second-order valence-corrected chi connectivity index (χ2v) is 4.39. The highest BCUT2D eigenvalue weighted by Gasteiger charge is 2.21. The van der Waals surface area contributed by atoms with Crippen LogP contribution in [0.2, 0.25) is 0 Å². The molecular formula is C11H15NO4S. The van der Waals surface area contributed by atoms with Crippen LogP contribution >= 0.6 is 11.3 Å². The number of esters is 1. The summed E-state index contributed by atoms with van der Waals surface area (Å²) >= 11 is 1.22. The van der Waals surface area contributed by atoms with Gasteiger partial charge in [-0.15, -0.1) is 11.3 Å². The molecule has 0 saturated carbocycles. The first kappa shape index (κ1) is 13.8. The molecule has 0 N–H and O–H groups in total. The number of hydrogen-bond donors (Lipinski definition) is 0. The first-order chi connectivity index (χ1) is 8.10. The predicted molar refractivity (Wildman–Crippen MR) is 63.7 cm³/mol. The van der Waals surface area contributed by atoms with Gasteiger partial charge in [0.25, 0.3) is 0 Å². The summed E-state index contributed by atoms with van der Waals surface area (Å²) in [5.74, 6) is -0.716. The van der Waals surface area contributed by atoms with Crippen LogP contribution in [0.4, 0.5) is 0 Å². The molecule has 0 spiro atoms. The highest BCUT2D eigenvalue weighted by atomic mass is 32.1. The molecule has 0 radical (unpaired) electrons. The maximum atomic E-state index is 11.6. The van der Waals surface area contributed by atoms with E-state index < -0.39 is 5.97 Å². The summed E-state index contributed by atoms with van der Waals surface area (Å²) in [5, 5.41) is 0.708. The molecule has 1 heterocycles. The summed E-state index contributed by atoms with van der Waals surface area (Å²) in [6.45, 7) is 3.90. The lowest BCUT2D eigenvalue weighted by Gasteiger charge is -1.98. The molecule has 1 aromatic rings. The molecule has 5 nitrogen and oxygen atoms in total. The van der Waals surface area contributed by atoms with Gasteiger partial charge >= 0.3 is 5.97 Å². The summed E-state index contributed by atoms with van der Waals surface area (Å²) in [7, 11) is 1.59. The van der Waals surface area contributed by atoms with Crippen LogP contribution in [0, 0.1) is 0 Å². The molecule has 0 fully saturated rings. The van der Waals surface area contributed by atoms with E-state index in [9.17, 15) is 9.59 Å². The number of nitrogens with zero attached hydrogens (tertiary/aromatic N) is 1. The highest BCUT2D eigenvalue weighted by molar-refractivity contribution is 7.14. The van der Waals surface area contributed by atoms with Crippen molar-refractivity contribution in [1.29, 1.82) is 0 Å². The third kappa shape index (κ3) is 3.61. The van der Waals surface area contributed by atoms with Gasteiger partial charge in [0.2, 0.25) is 0 Å². The van der Waals surface area contributed by atoms with Crippen LogP contribution in [-0.2, 0) is 15.9 Å². The van der Waals surface area contributed by atoms with Gasteiger partial charge in [0, 0.05) is 20.5 Å². The molecule has 17 heavy (non-hydrogen) atoms. The maximum absolute atomic E-state index is 11.6. The molecule has 0 unspecified atom stereocenters. The minimum absolute atomic E-state index is 0.121. The van der Waals surface area contributed by atoms with Crippen LogP contribution in [0.3, 0.4) is 0 Å². The normalized spacial score (nSPS) is 10.3. The Hall–Kier alpha value is -1.27. The summed E-state index contributed by atoms with van der Waals surface area (Å²) < 4.78 is 9.79. The van der Waals surface area contributed by atoms with E-state index in [4.69, 9.17) is 9.47 Å². The first-order valence-corrected chi connectivity index (χ1v) is 6.08. The molecule has 0 aliphatic rings. The number of carbonyl (C=O) groups excluding carboxylic acids is 2. The van der Waals surface area contributed by atoms with Crippen LogP contribution in [0.15, 0.2) is 0 Å². The van der Waals surface area contributed by atoms with Gasteiger partial charge in [-0.1, -0.05) is 0 Å². The van der Waals surface area contributed by atoms with Crippen molar-refractivity contribution in [3.8, 4) is 0 Å². The van der Waals surface area contributed by atoms with Crippen LogP contribution in [0.25, 0.3) is 0 Å². The third-order valence-corrected chi connectivity index (χ3v) is 3.20. The number of ketones is 1. The van der Waals surface area contributed by atoms with Gasteiger partial charge in [-0.3, -0.25) is 4.79 Å². The SMILES string of the molecule is CCOC(=O)c1nc(CCOC)sc1C(C)=O. The molecule has 0 aliphatic heterocycles. The van der Waals surface area contributed by atoms with Crippen molar-refractivity contribution >= 4 is 23.1 Å². The second-order valence-electron chi connectivity index (χ2n) is 3.30. The molecule has 1 aromatic heterocycles. The zero-order valence-corrected chi connectivity index (χ0v) is 10.9. The fourth-order valence-corrected chi connectivity index (χ4v) is 2.16. The Labute approximate surface area is 104 Å². The number of Topliss-reactive ketones (excluding diaryl/α,β-unsaturated/α-hetero) is 1. The summed E-state index contributed by atoms with van der Waals surface area (Å²) in [5.41, 5.74) is 0.121. The molecule has 0 atom stereocenters. The highest BCUT2D eigenvalue weighted by Crippen LogP contribution is 2.20. The first-order valence-electron chi connectivity index (χ1n) is 5.26. The van der Waals surface area contributed by atoms with Crippen LogP contribution < -0.4 is 0 Å². The number of aromatic nitrogens is 1. The van der Waals surface area contributed by atoms with Crippen LogP contribution in [0.5, 0.6) is 0 Å².